The van der Waals surface area contributed by atoms with Crippen LogP contribution in [0.15, 0.2) is 12.2 Å². The first kappa shape index (κ1) is 95.5. The number of aliphatic hydroxyl groups excluding tert-OH is 16. The van der Waals surface area contributed by atoms with Crippen LogP contribution in [0, 0.1) is 0 Å². The molecule has 0 bridgehead atoms. The maximum Gasteiger partial charge on any atom is 0.325 e. The standard InChI is InChI=1S/C32H55N5O19.C26H51N3O15S/c38-9-23(10-39)52-17-21(18-53-24(11-40)12-41)34-27(46)7-36(29(48)3-4-32(51)56-33-5-6-37-30(49)1-2-31(37)50)8-28(47)35-22(19-54-25(13-42)14-43)20-55-26(15-44)16-45;30-6-20(7-31)41-14-18(15-42-21(8-32)9-33)27-24(38)4-29(26(40)2-1-3-45)5-25(39)28-19(16-43-22(10-34)11-35)17-44-23(12-36)13-37/h1-2,21-26,33,38-45H,3-20H2,(H,34,46)(H,35,47);18-23,30-37,45H,1-17H2,(H,27,38)(H,28,39). The third kappa shape index (κ3) is 44.1. The fraction of sp³-hybridized carbons (Fsp3) is 0.810. The number of aliphatic hydroxyl groups is 16. The maximum atomic E-state index is 13.4. The molecule has 42 nitrogen and oxygen atoms in total. The molecule has 0 spiro atoms. The molecule has 21 N–H and O–H groups in total. The number of amides is 8. The average Bonchev–Trinajstić information content (AvgIpc) is 1.86. The molecule has 0 aromatic heterocycles. The van der Waals surface area contributed by atoms with Crippen molar-refractivity contribution >= 4 is 65.9 Å². The van der Waals surface area contributed by atoms with E-state index in [0.29, 0.717) is 12.2 Å². The van der Waals surface area contributed by atoms with Crippen LogP contribution < -0.4 is 26.7 Å². The van der Waals surface area contributed by atoms with E-state index >= 15 is 0 Å². The second kappa shape index (κ2) is 59.9. The first-order valence-corrected chi connectivity index (χ1v) is 32.6. The lowest BCUT2D eigenvalue weighted by Crippen LogP contribution is -2.52. The largest absolute Gasteiger partial charge is 0.394 e. The second-order valence-corrected chi connectivity index (χ2v) is 22.4. The fourth-order valence-electron chi connectivity index (χ4n) is 7.85. The maximum absolute atomic E-state index is 13.4. The van der Waals surface area contributed by atoms with Crippen molar-refractivity contribution in [2.45, 2.75) is 98.7 Å². The summed E-state index contributed by atoms with van der Waals surface area (Å²) in [5.41, 5.74) is 2.28. The molecular weight excluding hydrogens is 1380 g/mol. The summed E-state index contributed by atoms with van der Waals surface area (Å²) in [4.78, 5) is 122. The Balaban J connectivity index is 0.00000203. The lowest BCUT2D eigenvalue weighted by Gasteiger charge is -2.27. The summed E-state index contributed by atoms with van der Waals surface area (Å²) in [5, 5.41) is 159. The van der Waals surface area contributed by atoms with Gasteiger partial charge in [0.2, 0.25) is 35.4 Å². The highest BCUT2D eigenvalue weighted by Crippen LogP contribution is 2.08. The summed E-state index contributed by atoms with van der Waals surface area (Å²) < 4.78 is 43.0. The first-order chi connectivity index (χ1) is 48.5. The predicted molar refractivity (Wildman–Crippen MR) is 344 cm³/mol. The number of imide groups is 1. The van der Waals surface area contributed by atoms with E-state index in [1.165, 1.54) is 0 Å². The molecule has 0 saturated carbocycles. The molecule has 0 aromatic rings. The minimum absolute atomic E-state index is 0.0257. The Morgan fingerprint density at radius 3 is 0.812 bits per heavy atom. The number of ether oxygens (including phenoxy) is 8. The quantitative estimate of drug-likeness (QED) is 0.0116. The molecule has 1 heterocycles. The van der Waals surface area contributed by atoms with Crippen LogP contribution in [-0.2, 0) is 85.9 Å². The highest BCUT2D eigenvalue weighted by atomic mass is 32.1. The number of nitrogens with zero attached hydrogens (tertiary/aromatic N) is 3. The van der Waals surface area contributed by atoms with Crippen LogP contribution in [0.1, 0.15) is 25.7 Å². The van der Waals surface area contributed by atoms with Crippen LogP contribution in [0.3, 0.4) is 0 Å². The summed E-state index contributed by atoms with van der Waals surface area (Å²) in [6, 6.07) is -3.88. The van der Waals surface area contributed by atoms with Crippen molar-refractivity contribution in [3.05, 3.63) is 12.2 Å². The van der Waals surface area contributed by atoms with Gasteiger partial charge in [0.25, 0.3) is 11.8 Å². The minimum atomic E-state index is -1.03. The van der Waals surface area contributed by atoms with Crippen molar-refractivity contribution < 1.29 is 168 Å². The van der Waals surface area contributed by atoms with Gasteiger partial charge in [0.1, 0.15) is 75.0 Å². The highest BCUT2D eigenvalue weighted by Gasteiger charge is 2.30. The van der Waals surface area contributed by atoms with Gasteiger partial charge in [-0.2, -0.15) is 18.1 Å². The van der Waals surface area contributed by atoms with Crippen LogP contribution in [0.4, 0.5) is 0 Å². The van der Waals surface area contributed by atoms with Gasteiger partial charge >= 0.3 is 5.97 Å². The molecule has 101 heavy (non-hydrogen) atoms. The summed E-state index contributed by atoms with van der Waals surface area (Å²) in [7, 11) is 0. The summed E-state index contributed by atoms with van der Waals surface area (Å²) in [6.45, 7) is -14.0. The Morgan fingerprint density at radius 2 is 0.594 bits per heavy atom. The van der Waals surface area contributed by atoms with Gasteiger partial charge in [0.05, 0.1) is 196 Å². The molecule has 1 rings (SSSR count). The number of hydroxylamine groups is 1. The Morgan fingerprint density at radius 1 is 0.366 bits per heavy atom. The van der Waals surface area contributed by atoms with E-state index in [0.717, 1.165) is 26.9 Å². The summed E-state index contributed by atoms with van der Waals surface area (Å²) >= 11 is 4.09. The Bertz CT molecular complexity index is 2100. The molecule has 43 heteroatoms. The Kier molecular flexibility index (Phi) is 56.6. The van der Waals surface area contributed by atoms with E-state index in [9.17, 15) is 125 Å². The van der Waals surface area contributed by atoms with Gasteiger partial charge in [-0.3, -0.25) is 48.1 Å². The molecule has 0 saturated heterocycles. The number of hydrogen-bond donors (Lipinski definition) is 22. The number of nitrogens with one attached hydrogen (secondary N) is 5. The van der Waals surface area contributed by atoms with Crippen LogP contribution in [0.2, 0.25) is 0 Å². The van der Waals surface area contributed by atoms with Crippen molar-refractivity contribution in [1.82, 2.24) is 41.4 Å². The highest BCUT2D eigenvalue weighted by molar-refractivity contribution is 7.80. The molecule has 0 aliphatic carbocycles. The molecule has 1 aliphatic rings. The van der Waals surface area contributed by atoms with Gasteiger partial charge in [0.15, 0.2) is 0 Å². The molecule has 1 aliphatic heterocycles. The number of carbonyl (C=O) groups excluding carboxylic acids is 9. The van der Waals surface area contributed by atoms with Crippen LogP contribution in [0.25, 0.3) is 0 Å². The van der Waals surface area contributed by atoms with E-state index in [-0.39, 0.29) is 72.4 Å². The molecule has 0 radical (unpaired) electrons. The van der Waals surface area contributed by atoms with E-state index in [1.807, 2.05) is 0 Å². The molecular formula is C58H106N8O34S. The number of rotatable bonds is 62. The monoisotopic (exact) mass is 1490 g/mol. The zero-order valence-corrected chi connectivity index (χ0v) is 57.0. The number of carbonyl (C=O) groups is 9. The predicted octanol–water partition coefficient (Wildman–Crippen LogP) is -14.0. The topological polar surface area (TPSA) is 630 Å². The zero-order chi connectivity index (χ0) is 75.9. The lowest BCUT2D eigenvalue weighted by atomic mass is 10.2. The molecule has 0 unspecified atom stereocenters. The number of thiol groups is 1. The Labute approximate surface area is 587 Å². The first-order valence-electron chi connectivity index (χ1n) is 32.0. The molecule has 588 valence electrons. The SMILES string of the molecule is O=C(CN(CC(=O)NC(COC(CO)CO)COC(CO)CO)C(=O)CCC(=O)ONCCN1C(=O)C=CC1=O)NC(COC(CO)CO)COC(CO)CO.O=C(CN(CC(=O)NC(COC(CO)CO)COC(CO)CO)C(=O)CCCS)NC(COC(CO)CO)COC(CO)CO. The minimum Gasteiger partial charge on any atom is -0.394 e. The normalized spacial score (nSPS) is 12.5. The smallest absolute Gasteiger partial charge is 0.325 e. The molecule has 0 aromatic carbocycles. The number of hydrogen-bond acceptors (Lipinski definition) is 36. The fourth-order valence-corrected chi connectivity index (χ4v) is 8.01. The van der Waals surface area contributed by atoms with Crippen molar-refractivity contribution in [3.8, 4) is 0 Å². The van der Waals surface area contributed by atoms with Crippen molar-refractivity contribution in [3.63, 3.8) is 0 Å². The molecule has 0 fully saturated rings. The van der Waals surface area contributed by atoms with Crippen molar-refractivity contribution in [2.24, 2.45) is 0 Å². The van der Waals surface area contributed by atoms with E-state index in [2.05, 4.69) is 39.4 Å². The van der Waals surface area contributed by atoms with E-state index in [4.69, 9.17) is 42.7 Å². The van der Waals surface area contributed by atoms with Gasteiger partial charge in [-0.15, -0.1) is 0 Å². The summed E-state index contributed by atoms with van der Waals surface area (Å²) in [5.74, 6) is -6.30. The van der Waals surface area contributed by atoms with Crippen LogP contribution in [0.5, 0.6) is 0 Å². The third-order valence-corrected chi connectivity index (χ3v) is 14.0. The van der Waals surface area contributed by atoms with E-state index in [1.54, 1.807) is 0 Å². The van der Waals surface area contributed by atoms with Gasteiger partial charge in [-0.1, -0.05) is 0 Å². The third-order valence-electron chi connectivity index (χ3n) is 13.6. The van der Waals surface area contributed by atoms with Gasteiger partial charge in [-0.05, 0) is 12.2 Å². The van der Waals surface area contributed by atoms with Crippen molar-refractivity contribution in [1.29, 1.82) is 0 Å². The van der Waals surface area contributed by atoms with E-state index < -0.39 is 271 Å². The summed E-state index contributed by atoms with van der Waals surface area (Å²) in [6.07, 6.45) is -6.56. The van der Waals surface area contributed by atoms with Gasteiger partial charge in [0, 0.05) is 31.5 Å². The second-order valence-electron chi connectivity index (χ2n) is 22.0. The molecule has 0 atom stereocenters. The van der Waals surface area contributed by atoms with Gasteiger partial charge < -0.3 is 156 Å². The lowest BCUT2D eigenvalue weighted by molar-refractivity contribution is -0.153. The van der Waals surface area contributed by atoms with Crippen LogP contribution in [-0.4, -0.2) is 426 Å². The molecule has 8 amide bonds. The van der Waals surface area contributed by atoms with Crippen LogP contribution >= 0.6 is 12.6 Å². The average molecular weight is 1490 g/mol. The zero-order valence-electron chi connectivity index (χ0n) is 56.1. The van der Waals surface area contributed by atoms with Gasteiger partial charge in [-0.25, -0.2) is 0 Å². The Hall–Kier alpha value is -5.48. The van der Waals surface area contributed by atoms with Crippen molar-refractivity contribution in [2.75, 3.05) is 204 Å².